The van der Waals surface area contributed by atoms with Crippen molar-refractivity contribution in [2.24, 2.45) is 5.92 Å². The van der Waals surface area contributed by atoms with E-state index < -0.39 is 5.82 Å². The van der Waals surface area contributed by atoms with Gasteiger partial charge in [-0.1, -0.05) is 25.0 Å². The van der Waals surface area contributed by atoms with Crippen molar-refractivity contribution in [3.63, 3.8) is 0 Å². The average Bonchev–Trinajstić information content (AvgIpc) is 3.29. The van der Waals surface area contributed by atoms with Gasteiger partial charge in [0.1, 0.15) is 5.82 Å². The molecule has 4 rings (SSSR count). The highest BCUT2D eigenvalue weighted by Gasteiger charge is 2.39. The number of carbonyl (C=O) groups is 2. The molecule has 0 spiro atoms. The normalized spacial score (nSPS) is 22.7. The lowest BCUT2D eigenvalue weighted by Crippen LogP contribution is -2.59. The summed E-state index contributed by atoms with van der Waals surface area (Å²) in [5.41, 5.74) is 0.134. The van der Waals surface area contributed by atoms with Gasteiger partial charge in [0.25, 0.3) is 5.91 Å². The van der Waals surface area contributed by atoms with Gasteiger partial charge in [0.2, 0.25) is 5.91 Å². The van der Waals surface area contributed by atoms with Gasteiger partial charge in [0.05, 0.1) is 11.6 Å². The molecule has 0 N–H and O–H groups in total. The van der Waals surface area contributed by atoms with Crippen LogP contribution in [0.5, 0.6) is 0 Å². The summed E-state index contributed by atoms with van der Waals surface area (Å²) >= 11 is 1.92. The molecule has 0 bridgehead atoms. The summed E-state index contributed by atoms with van der Waals surface area (Å²) in [5, 5.41) is 0. The van der Waals surface area contributed by atoms with E-state index in [0.29, 0.717) is 32.1 Å². The van der Waals surface area contributed by atoms with Gasteiger partial charge in [0.15, 0.2) is 0 Å². The molecule has 1 aromatic carbocycles. The number of carbonyl (C=O) groups excluding carboxylic acids is 2. The molecule has 29 heavy (non-hydrogen) atoms. The Morgan fingerprint density at radius 1 is 0.931 bits per heavy atom. The fourth-order valence-electron chi connectivity index (χ4n) is 4.91. The zero-order valence-electron chi connectivity index (χ0n) is 16.9. The zero-order chi connectivity index (χ0) is 20.2. The maximum Gasteiger partial charge on any atom is 0.256 e. The molecule has 7 heteroatoms. The van der Waals surface area contributed by atoms with E-state index in [4.69, 9.17) is 0 Å². The summed E-state index contributed by atoms with van der Waals surface area (Å²) in [4.78, 5) is 32.2. The predicted molar refractivity (Wildman–Crippen MR) is 114 cm³/mol. The summed E-state index contributed by atoms with van der Waals surface area (Å²) in [6, 6.07) is 6.10. The molecule has 0 radical (unpaired) electrons. The van der Waals surface area contributed by atoms with Crippen LogP contribution >= 0.6 is 11.8 Å². The van der Waals surface area contributed by atoms with E-state index in [9.17, 15) is 14.0 Å². The van der Waals surface area contributed by atoms with Gasteiger partial charge in [0, 0.05) is 50.8 Å². The Morgan fingerprint density at radius 3 is 2.24 bits per heavy atom. The number of hydrogen-bond acceptors (Lipinski definition) is 4. The van der Waals surface area contributed by atoms with E-state index in [-0.39, 0.29) is 23.4 Å². The first kappa shape index (κ1) is 20.7. The van der Waals surface area contributed by atoms with Gasteiger partial charge in [-0.05, 0) is 30.9 Å². The van der Waals surface area contributed by atoms with Crippen molar-refractivity contribution in [3.05, 3.63) is 35.6 Å². The summed E-state index contributed by atoms with van der Waals surface area (Å²) in [7, 11) is 0. The van der Waals surface area contributed by atoms with Crippen LogP contribution in [0.2, 0.25) is 0 Å². The van der Waals surface area contributed by atoms with E-state index in [0.717, 1.165) is 37.4 Å². The molecule has 3 fully saturated rings. The van der Waals surface area contributed by atoms with Crippen molar-refractivity contribution in [1.29, 1.82) is 0 Å². The van der Waals surface area contributed by atoms with Crippen LogP contribution in [0.25, 0.3) is 0 Å². The van der Waals surface area contributed by atoms with Crippen LogP contribution in [0.4, 0.5) is 4.39 Å². The lowest BCUT2D eigenvalue weighted by atomic mass is 9.94. The molecular formula is C22H30FN3O2S. The molecule has 1 saturated carbocycles. The lowest BCUT2D eigenvalue weighted by molar-refractivity contribution is -0.139. The minimum atomic E-state index is -0.470. The van der Waals surface area contributed by atoms with Crippen molar-refractivity contribution in [3.8, 4) is 0 Å². The van der Waals surface area contributed by atoms with E-state index in [2.05, 4.69) is 9.80 Å². The summed E-state index contributed by atoms with van der Waals surface area (Å²) in [5.74, 6) is 2.03. The Kier molecular flexibility index (Phi) is 6.75. The molecule has 2 saturated heterocycles. The summed E-state index contributed by atoms with van der Waals surface area (Å²) in [6.07, 6.45) is 4.65. The number of rotatable bonds is 4. The number of nitrogens with zero attached hydrogens (tertiary/aromatic N) is 3. The number of benzene rings is 1. The van der Waals surface area contributed by atoms with Gasteiger partial charge in [-0.25, -0.2) is 4.39 Å². The van der Waals surface area contributed by atoms with Crippen LogP contribution in [0, 0.1) is 11.7 Å². The third kappa shape index (κ3) is 4.61. The highest BCUT2D eigenvalue weighted by atomic mass is 32.2. The van der Waals surface area contributed by atoms with Crippen molar-refractivity contribution < 1.29 is 14.0 Å². The van der Waals surface area contributed by atoms with Crippen LogP contribution in [0.3, 0.4) is 0 Å². The van der Waals surface area contributed by atoms with Crippen molar-refractivity contribution in [2.75, 3.05) is 50.8 Å². The average molecular weight is 420 g/mol. The fourth-order valence-corrected chi connectivity index (χ4v) is 5.81. The molecule has 2 aliphatic heterocycles. The van der Waals surface area contributed by atoms with Gasteiger partial charge in [-0.3, -0.25) is 14.5 Å². The first-order chi connectivity index (χ1) is 14.1. The van der Waals surface area contributed by atoms with E-state index in [1.165, 1.54) is 18.9 Å². The maximum atomic E-state index is 14.0. The number of halogens is 1. The third-order valence-corrected chi connectivity index (χ3v) is 7.46. The highest BCUT2D eigenvalue weighted by Crippen LogP contribution is 2.32. The zero-order valence-corrected chi connectivity index (χ0v) is 17.7. The topological polar surface area (TPSA) is 43.9 Å². The van der Waals surface area contributed by atoms with Crippen molar-refractivity contribution in [1.82, 2.24) is 14.7 Å². The van der Waals surface area contributed by atoms with Crippen LogP contribution in [-0.2, 0) is 4.79 Å². The van der Waals surface area contributed by atoms with Crippen LogP contribution in [0.15, 0.2) is 24.3 Å². The van der Waals surface area contributed by atoms with Crippen molar-refractivity contribution in [2.45, 2.75) is 31.7 Å². The molecule has 1 aromatic rings. The smallest absolute Gasteiger partial charge is 0.256 e. The lowest BCUT2D eigenvalue weighted by Gasteiger charge is -2.43. The van der Waals surface area contributed by atoms with Gasteiger partial charge in [-0.15, -0.1) is 0 Å². The van der Waals surface area contributed by atoms with Crippen molar-refractivity contribution >= 4 is 23.6 Å². The Hall–Kier alpha value is -1.60. The molecule has 0 aromatic heterocycles. The molecule has 3 aliphatic rings. The molecule has 5 nitrogen and oxygen atoms in total. The van der Waals surface area contributed by atoms with Crippen LogP contribution < -0.4 is 0 Å². The number of thioether (sulfide) groups is 1. The Bertz CT molecular complexity index is 727. The third-order valence-electron chi connectivity index (χ3n) is 6.52. The predicted octanol–water partition coefficient (Wildman–Crippen LogP) is 2.72. The largest absolute Gasteiger partial charge is 0.340 e. The molecule has 158 valence electrons. The van der Waals surface area contributed by atoms with E-state index in [1.54, 1.807) is 23.1 Å². The monoisotopic (exact) mass is 419 g/mol. The first-order valence-corrected chi connectivity index (χ1v) is 11.9. The Balaban J connectivity index is 1.43. The molecule has 1 atom stereocenters. The number of amides is 2. The summed E-state index contributed by atoms with van der Waals surface area (Å²) in [6.45, 7) is 4.13. The number of piperazine rings is 1. The van der Waals surface area contributed by atoms with E-state index >= 15 is 0 Å². The fraction of sp³-hybridized carbons (Fsp3) is 0.636. The van der Waals surface area contributed by atoms with Gasteiger partial charge >= 0.3 is 0 Å². The SMILES string of the molecule is O=C(c1ccccc1F)N1CCN([C@@H](C(=O)N2CCSCC2)C2CCCC2)CC1. The van der Waals surface area contributed by atoms with Gasteiger partial charge in [-0.2, -0.15) is 11.8 Å². The Morgan fingerprint density at radius 2 is 1.59 bits per heavy atom. The molecule has 1 aliphatic carbocycles. The van der Waals surface area contributed by atoms with E-state index in [1.807, 2.05) is 11.8 Å². The van der Waals surface area contributed by atoms with Gasteiger partial charge < -0.3 is 9.80 Å². The molecule has 2 heterocycles. The maximum absolute atomic E-state index is 14.0. The van der Waals surface area contributed by atoms with Crippen LogP contribution in [-0.4, -0.2) is 83.3 Å². The second-order valence-corrected chi connectivity index (χ2v) is 9.46. The van der Waals surface area contributed by atoms with Crippen LogP contribution in [0.1, 0.15) is 36.0 Å². The quantitative estimate of drug-likeness (QED) is 0.753. The minimum absolute atomic E-state index is 0.0636. The Labute approximate surface area is 176 Å². The molecule has 0 unspecified atom stereocenters. The second kappa shape index (κ2) is 9.47. The molecule has 2 amide bonds. The first-order valence-electron chi connectivity index (χ1n) is 10.8. The number of hydrogen-bond donors (Lipinski definition) is 0. The summed E-state index contributed by atoms with van der Waals surface area (Å²) < 4.78 is 14.0. The minimum Gasteiger partial charge on any atom is -0.340 e. The molecular weight excluding hydrogens is 389 g/mol. The second-order valence-electron chi connectivity index (χ2n) is 8.24. The highest BCUT2D eigenvalue weighted by molar-refractivity contribution is 7.99. The standard InChI is InChI=1S/C22H30FN3O2S/c23-19-8-4-3-7-18(19)21(27)25-11-9-24(10-12-25)20(17-5-1-2-6-17)22(28)26-13-15-29-16-14-26/h3-4,7-8,17,20H,1-2,5-6,9-16H2/t20-/m1/s1.